The minimum atomic E-state index is 0.0676. The summed E-state index contributed by atoms with van der Waals surface area (Å²) >= 11 is 0. The van der Waals surface area contributed by atoms with Crippen molar-refractivity contribution in [3.63, 3.8) is 0 Å². The van der Waals surface area contributed by atoms with Crippen molar-refractivity contribution in [2.45, 2.75) is 19.4 Å². The molecule has 0 aromatic heterocycles. The van der Waals surface area contributed by atoms with E-state index in [0.717, 1.165) is 12.1 Å². The standard InChI is InChI=1S/C18H20N2O/c19-17-8-4-7-16(11-17)18(21)20(13-15-9-10-15)12-14-5-2-1-3-6-14/h1-8,11,15H,9-10,12-13,19H2. The maximum absolute atomic E-state index is 12.7. The van der Waals surface area contributed by atoms with Crippen LogP contribution in [0.15, 0.2) is 54.6 Å². The molecule has 1 aliphatic rings. The van der Waals surface area contributed by atoms with Crippen LogP contribution < -0.4 is 5.73 Å². The van der Waals surface area contributed by atoms with Crippen molar-refractivity contribution in [2.75, 3.05) is 12.3 Å². The van der Waals surface area contributed by atoms with Crippen LogP contribution in [0.5, 0.6) is 0 Å². The largest absolute Gasteiger partial charge is 0.399 e. The van der Waals surface area contributed by atoms with Gasteiger partial charge in [0.25, 0.3) is 5.91 Å². The summed E-state index contributed by atoms with van der Waals surface area (Å²) in [7, 11) is 0. The second-order valence-corrected chi connectivity index (χ2v) is 5.74. The zero-order valence-electron chi connectivity index (χ0n) is 12.0. The summed E-state index contributed by atoms with van der Waals surface area (Å²) in [6.45, 7) is 1.49. The van der Waals surface area contributed by atoms with Gasteiger partial charge < -0.3 is 10.6 Å². The molecule has 2 aromatic carbocycles. The third kappa shape index (κ3) is 3.63. The van der Waals surface area contributed by atoms with Crippen molar-refractivity contribution in [3.8, 4) is 0 Å². The molecule has 1 fully saturated rings. The van der Waals surface area contributed by atoms with Crippen molar-refractivity contribution < 1.29 is 4.79 Å². The number of nitrogens with two attached hydrogens (primary N) is 1. The number of benzene rings is 2. The van der Waals surface area contributed by atoms with Crippen molar-refractivity contribution in [3.05, 3.63) is 65.7 Å². The number of nitrogen functional groups attached to an aromatic ring is 1. The lowest BCUT2D eigenvalue weighted by molar-refractivity contribution is 0.0735. The van der Waals surface area contributed by atoms with Crippen LogP contribution in [0.1, 0.15) is 28.8 Å². The molecule has 0 unspecified atom stereocenters. The van der Waals surface area contributed by atoms with Gasteiger partial charge in [0.05, 0.1) is 0 Å². The molecule has 21 heavy (non-hydrogen) atoms. The number of nitrogens with zero attached hydrogens (tertiary/aromatic N) is 1. The highest BCUT2D eigenvalue weighted by molar-refractivity contribution is 5.95. The molecule has 0 aliphatic heterocycles. The molecule has 1 aliphatic carbocycles. The van der Waals surface area contributed by atoms with Gasteiger partial charge in [-0.2, -0.15) is 0 Å². The van der Waals surface area contributed by atoms with E-state index in [0.29, 0.717) is 23.7 Å². The Morgan fingerprint density at radius 1 is 1.10 bits per heavy atom. The van der Waals surface area contributed by atoms with Gasteiger partial charge in [0, 0.05) is 24.3 Å². The summed E-state index contributed by atoms with van der Waals surface area (Å²) in [6, 6.07) is 17.4. The maximum Gasteiger partial charge on any atom is 0.254 e. The van der Waals surface area contributed by atoms with E-state index in [2.05, 4.69) is 12.1 Å². The molecule has 1 saturated carbocycles. The summed E-state index contributed by atoms with van der Waals surface area (Å²) in [6.07, 6.45) is 2.46. The highest BCUT2D eigenvalue weighted by Crippen LogP contribution is 2.30. The maximum atomic E-state index is 12.7. The average molecular weight is 280 g/mol. The summed E-state index contributed by atoms with van der Waals surface area (Å²) in [4.78, 5) is 14.7. The second kappa shape index (κ2) is 6.00. The Kier molecular flexibility index (Phi) is 3.91. The Balaban J connectivity index is 1.79. The van der Waals surface area contributed by atoms with Crippen LogP contribution in [-0.4, -0.2) is 17.4 Å². The molecule has 3 heteroatoms. The third-order valence-corrected chi connectivity index (χ3v) is 3.81. The van der Waals surface area contributed by atoms with E-state index in [1.807, 2.05) is 35.2 Å². The van der Waals surface area contributed by atoms with Gasteiger partial charge in [0.15, 0.2) is 0 Å². The van der Waals surface area contributed by atoms with Crippen LogP contribution in [0, 0.1) is 5.92 Å². The fraction of sp³-hybridized carbons (Fsp3) is 0.278. The lowest BCUT2D eigenvalue weighted by Crippen LogP contribution is -2.32. The molecule has 0 radical (unpaired) electrons. The number of amides is 1. The van der Waals surface area contributed by atoms with Gasteiger partial charge in [0.2, 0.25) is 0 Å². The lowest BCUT2D eigenvalue weighted by Gasteiger charge is -2.23. The molecular weight excluding hydrogens is 260 g/mol. The summed E-state index contributed by atoms with van der Waals surface area (Å²) in [5.41, 5.74) is 8.26. The third-order valence-electron chi connectivity index (χ3n) is 3.81. The zero-order chi connectivity index (χ0) is 14.7. The molecule has 3 rings (SSSR count). The van der Waals surface area contributed by atoms with E-state index in [-0.39, 0.29) is 5.91 Å². The van der Waals surface area contributed by atoms with E-state index in [9.17, 15) is 4.79 Å². The molecular formula is C18H20N2O. The van der Waals surface area contributed by atoms with Crippen LogP contribution in [0.4, 0.5) is 5.69 Å². The lowest BCUT2D eigenvalue weighted by atomic mass is 10.1. The Morgan fingerprint density at radius 3 is 2.52 bits per heavy atom. The van der Waals surface area contributed by atoms with Crippen molar-refractivity contribution in [2.24, 2.45) is 5.92 Å². The van der Waals surface area contributed by atoms with Crippen molar-refractivity contribution >= 4 is 11.6 Å². The average Bonchev–Trinajstić information content (AvgIpc) is 3.31. The fourth-order valence-electron chi connectivity index (χ4n) is 2.49. The molecule has 0 bridgehead atoms. The SMILES string of the molecule is Nc1cccc(C(=O)N(Cc2ccccc2)CC2CC2)c1. The van der Waals surface area contributed by atoms with Gasteiger partial charge >= 0.3 is 0 Å². The molecule has 108 valence electrons. The molecule has 2 aromatic rings. The molecule has 0 saturated heterocycles. The topological polar surface area (TPSA) is 46.3 Å². The minimum absolute atomic E-state index is 0.0676. The van der Waals surface area contributed by atoms with E-state index in [4.69, 9.17) is 5.73 Å². The molecule has 2 N–H and O–H groups in total. The first kappa shape index (κ1) is 13.7. The number of hydrogen-bond acceptors (Lipinski definition) is 2. The van der Waals surface area contributed by atoms with E-state index in [1.54, 1.807) is 12.1 Å². The smallest absolute Gasteiger partial charge is 0.254 e. The first-order valence-electron chi connectivity index (χ1n) is 7.41. The summed E-state index contributed by atoms with van der Waals surface area (Å²) in [5.74, 6) is 0.733. The Morgan fingerprint density at radius 2 is 1.86 bits per heavy atom. The molecule has 1 amide bonds. The Hall–Kier alpha value is -2.29. The molecule has 0 heterocycles. The molecule has 0 atom stereocenters. The zero-order valence-corrected chi connectivity index (χ0v) is 12.0. The molecule has 3 nitrogen and oxygen atoms in total. The quantitative estimate of drug-likeness (QED) is 0.854. The predicted octanol–water partition coefficient (Wildman–Crippen LogP) is 3.32. The van der Waals surface area contributed by atoms with E-state index >= 15 is 0 Å². The monoisotopic (exact) mass is 280 g/mol. The highest BCUT2D eigenvalue weighted by Gasteiger charge is 2.27. The summed E-state index contributed by atoms with van der Waals surface area (Å²) < 4.78 is 0. The Bertz CT molecular complexity index is 620. The van der Waals surface area contributed by atoms with Gasteiger partial charge in [-0.15, -0.1) is 0 Å². The fourth-order valence-corrected chi connectivity index (χ4v) is 2.49. The van der Waals surface area contributed by atoms with Gasteiger partial charge in [0.1, 0.15) is 0 Å². The summed E-state index contributed by atoms with van der Waals surface area (Å²) in [5, 5.41) is 0. The van der Waals surface area contributed by atoms with E-state index in [1.165, 1.54) is 12.8 Å². The van der Waals surface area contributed by atoms with Crippen LogP contribution in [0.25, 0.3) is 0 Å². The predicted molar refractivity (Wildman–Crippen MR) is 84.8 cm³/mol. The van der Waals surface area contributed by atoms with Crippen molar-refractivity contribution in [1.29, 1.82) is 0 Å². The molecule has 0 spiro atoms. The number of hydrogen-bond donors (Lipinski definition) is 1. The van der Waals surface area contributed by atoms with Crippen molar-refractivity contribution in [1.82, 2.24) is 4.90 Å². The highest BCUT2D eigenvalue weighted by atomic mass is 16.2. The van der Waals surface area contributed by atoms with Crippen LogP contribution >= 0.6 is 0 Å². The number of rotatable bonds is 5. The van der Waals surface area contributed by atoms with Crippen LogP contribution in [-0.2, 0) is 6.54 Å². The Labute approximate surface area is 125 Å². The van der Waals surface area contributed by atoms with Gasteiger partial charge in [-0.25, -0.2) is 0 Å². The second-order valence-electron chi connectivity index (χ2n) is 5.74. The van der Waals surface area contributed by atoms with Crippen LogP contribution in [0.2, 0.25) is 0 Å². The van der Waals surface area contributed by atoms with Gasteiger partial charge in [-0.3, -0.25) is 4.79 Å². The van der Waals surface area contributed by atoms with E-state index < -0.39 is 0 Å². The normalized spacial score (nSPS) is 13.9. The van der Waals surface area contributed by atoms with Gasteiger partial charge in [-0.05, 0) is 42.5 Å². The number of anilines is 1. The number of carbonyl (C=O) groups excluding carboxylic acids is 1. The first-order valence-corrected chi connectivity index (χ1v) is 7.41. The number of carbonyl (C=O) groups is 1. The van der Waals surface area contributed by atoms with Crippen LogP contribution in [0.3, 0.4) is 0 Å². The minimum Gasteiger partial charge on any atom is -0.399 e. The first-order chi connectivity index (χ1) is 10.2. The van der Waals surface area contributed by atoms with Gasteiger partial charge in [-0.1, -0.05) is 36.4 Å².